The van der Waals surface area contributed by atoms with E-state index in [0.29, 0.717) is 6.42 Å². The lowest BCUT2D eigenvalue weighted by atomic mass is 9.62. The van der Waals surface area contributed by atoms with Crippen LogP contribution in [0.5, 0.6) is 0 Å². The molecule has 2 rings (SSSR count). The van der Waals surface area contributed by atoms with Gasteiger partial charge >= 0.3 is 0 Å². The number of alkyl halides is 2. The molecule has 0 unspecified atom stereocenters. The zero-order valence-corrected chi connectivity index (χ0v) is 12.1. The first-order valence-corrected chi connectivity index (χ1v) is 6.92. The Morgan fingerprint density at radius 2 is 2.07 bits per heavy atom. The molecule has 0 radical (unpaired) electrons. The van der Waals surface area contributed by atoms with Gasteiger partial charge in [-0.05, 0) is 18.3 Å². The molecule has 0 amide bonds. The zero-order chi connectivity index (χ0) is 11.5. The zero-order valence-electron chi connectivity index (χ0n) is 8.93. The van der Waals surface area contributed by atoms with Gasteiger partial charge in [-0.15, -0.1) is 0 Å². The fraction of sp³-hybridized carbons (Fsp3) is 0.909. The molecule has 2 nitrogen and oxygen atoms in total. The summed E-state index contributed by atoms with van der Waals surface area (Å²) in [6, 6.07) is 2.29. The molecule has 2 fully saturated rings. The predicted molar refractivity (Wildman–Crippen MR) is 66.1 cm³/mol. The molecule has 84 valence electrons. The summed E-state index contributed by atoms with van der Waals surface area (Å²) in [5.41, 5.74) is -0.302. The molecule has 0 heterocycles. The Labute approximate surface area is 107 Å². The van der Waals surface area contributed by atoms with Crippen molar-refractivity contribution in [3.05, 3.63) is 0 Å². The summed E-state index contributed by atoms with van der Waals surface area (Å²) >= 11 is 7.40. The largest absolute Gasteiger partial charge is 0.391 e. The number of rotatable bonds is 1. The number of nitrogens with zero attached hydrogens (tertiary/aromatic N) is 1. The van der Waals surface area contributed by atoms with Crippen LogP contribution in [0, 0.1) is 22.2 Å². The number of aliphatic hydroxyl groups is 1. The van der Waals surface area contributed by atoms with Crippen molar-refractivity contribution in [3.63, 3.8) is 0 Å². The predicted octanol–water partition coefficient (Wildman–Crippen LogP) is 2.98. The van der Waals surface area contributed by atoms with Crippen molar-refractivity contribution >= 4 is 31.9 Å². The van der Waals surface area contributed by atoms with E-state index in [9.17, 15) is 5.11 Å². The first-order chi connectivity index (χ1) is 6.83. The molecule has 2 saturated carbocycles. The second kappa shape index (κ2) is 3.21. The Hall–Kier alpha value is 0.410. The smallest absolute Gasteiger partial charge is 0.0761 e. The van der Waals surface area contributed by atoms with Crippen LogP contribution >= 0.6 is 31.9 Å². The van der Waals surface area contributed by atoms with Crippen LogP contribution in [0.1, 0.15) is 33.1 Å². The SMILES string of the molecule is CC1(C)[C@@H](O)[C@@]2(Br)CC[C@@]1(CC#N)[C@@H]2Br. The third-order valence-electron chi connectivity index (χ3n) is 4.68. The molecule has 0 aromatic carbocycles. The van der Waals surface area contributed by atoms with E-state index in [-0.39, 0.29) is 20.0 Å². The van der Waals surface area contributed by atoms with E-state index in [1.807, 2.05) is 0 Å². The second-order valence-corrected chi connectivity index (χ2v) is 7.80. The molecule has 15 heavy (non-hydrogen) atoms. The van der Waals surface area contributed by atoms with Gasteiger partial charge < -0.3 is 5.11 Å². The van der Waals surface area contributed by atoms with Gasteiger partial charge in [-0.25, -0.2) is 0 Å². The van der Waals surface area contributed by atoms with Gasteiger partial charge in [0.05, 0.1) is 16.5 Å². The summed E-state index contributed by atoms with van der Waals surface area (Å²) in [7, 11) is 0. The fourth-order valence-electron chi connectivity index (χ4n) is 3.47. The van der Waals surface area contributed by atoms with Gasteiger partial charge in [-0.2, -0.15) is 5.26 Å². The van der Waals surface area contributed by atoms with Crippen LogP contribution in [0.3, 0.4) is 0 Å². The quantitative estimate of drug-likeness (QED) is 0.748. The van der Waals surface area contributed by atoms with Crippen LogP contribution in [0.4, 0.5) is 0 Å². The van der Waals surface area contributed by atoms with Crippen molar-refractivity contribution in [2.75, 3.05) is 0 Å². The van der Waals surface area contributed by atoms with Gasteiger partial charge in [0, 0.05) is 16.7 Å². The Balaban J connectivity index is 2.52. The third-order valence-corrected chi connectivity index (χ3v) is 8.27. The number of halogens is 2. The highest BCUT2D eigenvalue weighted by Gasteiger charge is 2.73. The summed E-state index contributed by atoms with van der Waals surface area (Å²) in [6.45, 7) is 4.15. The standard InChI is InChI=1S/C11H15Br2NO/c1-9(2)8(15)11(13)4-3-10(9,5-6-14)7(11)12/h7-8,15H,3-5H2,1-2H3/t7-,8+,10+,11+/m0/s1. The Bertz CT molecular complexity index is 338. The molecule has 4 heteroatoms. The minimum Gasteiger partial charge on any atom is -0.391 e. The normalized spacial score (nSPS) is 51.7. The first kappa shape index (κ1) is 11.9. The summed E-state index contributed by atoms with van der Waals surface area (Å²) in [4.78, 5) is 0.183. The van der Waals surface area contributed by atoms with Crippen molar-refractivity contribution in [1.82, 2.24) is 0 Å². The molecule has 0 aromatic heterocycles. The molecular weight excluding hydrogens is 322 g/mol. The third kappa shape index (κ3) is 1.13. The maximum Gasteiger partial charge on any atom is 0.0761 e. The number of hydrogen-bond acceptors (Lipinski definition) is 2. The van der Waals surface area contributed by atoms with Gasteiger partial charge in [0.25, 0.3) is 0 Å². The van der Waals surface area contributed by atoms with Gasteiger partial charge in [0.1, 0.15) is 0 Å². The van der Waals surface area contributed by atoms with E-state index in [2.05, 4.69) is 51.8 Å². The maximum atomic E-state index is 10.4. The molecule has 2 aliphatic carbocycles. The van der Waals surface area contributed by atoms with Gasteiger partial charge in [-0.1, -0.05) is 45.7 Å². The number of aliphatic hydroxyl groups excluding tert-OH is 1. The Morgan fingerprint density at radius 1 is 1.47 bits per heavy atom. The van der Waals surface area contributed by atoms with Crippen molar-refractivity contribution in [2.24, 2.45) is 10.8 Å². The second-order valence-electron chi connectivity index (χ2n) is 5.40. The van der Waals surface area contributed by atoms with E-state index < -0.39 is 6.10 Å². The minimum absolute atomic E-state index is 0.0926. The molecule has 4 atom stereocenters. The fourth-order valence-corrected chi connectivity index (χ4v) is 6.14. The van der Waals surface area contributed by atoms with Crippen LogP contribution in [-0.2, 0) is 0 Å². The van der Waals surface area contributed by atoms with Gasteiger partial charge in [0.2, 0.25) is 0 Å². The van der Waals surface area contributed by atoms with Crippen LogP contribution < -0.4 is 0 Å². The molecular formula is C11H15Br2NO. The average molecular weight is 337 g/mol. The summed E-state index contributed by atoms with van der Waals surface area (Å²) in [5, 5.41) is 19.4. The van der Waals surface area contributed by atoms with Gasteiger partial charge in [-0.3, -0.25) is 0 Å². The summed E-state index contributed by atoms with van der Waals surface area (Å²) in [5.74, 6) is 0. The molecule has 2 aliphatic rings. The first-order valence-electron chi connectivity index (χ1n) is 5.21. The van der Waals surface area contributed by atoms with Crippen molar-refractivity contribution < 1.29 is 5.11 Å². The van der Waals surface area contributed by atoms with Crippen LogP contribution in [0.2, 0.25) is 0 Å². The molecule has 0 spiro atoms. The monoisotopic (exact) mass is 335 g/mol. The highest BCUT2D eigenvalue weighted by molar-refractivity contribution is 9.12. The van der Waals surface area contributed by atoms with E-state index in [4.69, 9.17) is 5.26 Å². The highest BCUT2D eigenvalue weighted by Crippen LogP contribution is 2.72. The van der Waals surface area contributed by atoms with E-state index in [1.54, 1.807) is 0 Å². The van der Waals surface area contributed by atoms with Crippen molar-refractivity contribution in [1.29, 1.82) is 5.26 Å². The average Bonchev–Trinajstić information content (AvgIpc) is 2.48. The van der Waals surface area contributed by atoms with Crippen molar-refractivity contribution in [3.8, 4) is 6.07 Å². The highest BCUT2D eigenvalue weighted by atomic mass is 79.9. The Morgan fingerprint density at radius 3 is 2.47 bits per heavy atom. The lowest BCUT2D eigenvalue weighted by Crippen LogP contribution is -2.46. The Kier molecular flexibility index (Phi) is 2.54. The minimum atomic E-state index is -0.392. The lowest BCUT2D eigenvalue weighted by Gasteiger charge is -2.44. The molecule has 1 N–H and O–H groups in total. The van der Waals surface area contributed by atoms with Crippen molar-refractivity contribution in [2.45, 2.75) is 48.4 Å². The number of fused-ring (bicyclic) bond motifs is 2. The van der Waals surface area contributed by atoms with Crippen LogP contribution in [-0.4, -0.2) is 20.4 Å². The van der Waals surface area contributed by atoms with E-state index >= 15 is 0 Å². The summed E-state index contributed by atoms with van der Waals surface area (Å²) < 4.78 is -0.243. The maximum absolute atomic E-state index is 10.4. The molecule has 0 aromatic rings. The number of hydrogen-bond donors (Lipinski definition) is 1. The molecule has 0 saturated heterocycles. The number of nitriles is 1. The lowest BCUT2D eigenvalue weighted by molar-refractivity contribution is -0.0276. The van der Waals surface area contributed by atoms with E-state index in [1.165, 1.54) is 0 Å². The van der Waals surface area contributed by atoms with Gasteiger partial charge in [0.15, 0.2) is 0 Å². The topological polar surface area (TPSA) is 44.0 Å². The van der Waals surface area contributed by atoms with Crippen LogP contribution in [0.15, 0.2) is 0 Å². The van der Waals surface area contributed by atoms with E-state index in [0.717, 1.165) is 12.8 Å². The molecule has 2 bridgehead atoms. The summed E-state index contributed by atoms with van der Waals surface area (Å²) in [6.07, 6.45) is 2.07. The van der Waals surface area contributed by atoms with Crippen LogP contribution in [0.25, 0.3) is 0 Å². The molecule has 0 aliphatic heterocycles.